The van der Waals surface area contributed by atoms with Crippen LogP contribution >= 0.6 is 11.6 Å². The van der Waals surface area contributed by atoms with Crippen molar-refractivity contribution in [1.29, 1.82) is 0 Å². The fourth-order valence-electron chi connectivity index (χ4n) is 4.09. The van der Waals surface area contributed by atoms with Crippen LogP contribution in [0.3, 0.4) is 0 Å². The molecular formula is C23H25ClN6. The van der Waals surface area contributed by atoms with Crippen molar-refractivity contribution in [2.45, 2.75) is 52.1 Å². The van der Waals surface area contributed by atoms with Crippen LogP contribution < -0.4 is 10.2 Å². The van der Waals surface area contributed by atoms with E-state index < -0.39 is 0 Å². The van der Waals surface area contributed by atoms with Gasteiger partial charge in [0.25, 0.3) is 0 Å². The zero-order valence-electron chi connectivity index (χ0n) is 17.5. The lowest BCUT2D eigenvalue weighted by atomic mass is 9.97. The van der Waals surface area contributed by atoms with Crippen LogP contribution in [0.5, 0.6) is 0 Å². The zero-order chi connectivity index (χ0) is 20.8. The van der Waals surface area contributed by atoms with E-state index in [1.165, 1.54) is 12.8 Å². The molecule has 7 heteroatoms. The molecule has 3 aromatic rings. The van der Waals surface area contributed by atoms with Crippen molar-refractivity contribution in [3.8, 4) is 11.3 Å². The summed E-state index contributed by atoms with van der Waals surface area (Å²) in [6.07, 6.45) is 7.99. The summed E-state index contributed by atoms with van der Waals surface area (Å²) in [7, 11) is 0. The molecule has 1 aliphatic heterocycles. The molecule has 3 aromatic heterocycles. The van der Waals surface area contributed by atoms with Gasteiger partial charge in [0.15, 0.2) is 0 Å². The standard InChI is InChI=1S/C23H25ClN6/c1-13-6-14(2)22(26-8-13)18-7-20(25-10-19(18)24)30-11-15(3)21-16(12-30)9-27-23(29-21)28-17-4-5-17/h6-10,15,17H,4-5,11-12H2,1-3H3,(H,27,28,29). The maximum atomic E-state index is 6.51. The number of hydrogen-bond acceptors (Lipinski definition) is 6. The number of nitrogens with zero attached hydrogens (tertiary/aromatic N) is 5. The first-order valence-electron chi connectivity index (χ1n) is 10.4. The summed E-state index contributed by atoms with van der Waals surface area (Å²) in [6.45, 7) is 7.90. The SMILES string of the molecule is Cc1cnc(-c2cc(N3Cc4cnc(NC5CC5)nc4C(C)C3)ncc2Cl)c(C)c1. The van der Waals surface area contributed by atoms with E-state index >= 15 is 0 Å². The lowest BCUT2D eigenvalue weighted by Gasteiger charge is -2.33. The van der Waals surface area contributed by atoms with Crippen LogP contribution in [0.15, 0.2) is 30.7 Å². The molecule has 1 atom stereocenters. The van der Waals surface area contributed by atoms with Crippen LogP contribution in [0.25, 0.3) is 11.3 Å². The van der Waals surface area contributed by atoms with Crippen molar-refractivity contribution in [1.82, 2.24) is 19.9 Å². The van der Waals surface area contributed by atoms with Crippen molar-refractivity contribution >= 4 is 23.4 Å². The number of aryl methyl sites for hydroxylation is 2. The molecule has 154 valence electrons. The molecular weight excluding hydrogens is 396 g/mol. The Morgan fingerprint density at radius 1 is 1.07 bits per heavy atom. The van der Waals surface area contributed by atoms with Gasteiger partial charge in [-0.05, 0) is 43.9 Å². The molecule has 30 heavy (non-hydrogen) atoms. The van der Waals surface area contributed by atoms with Gasteiger partial charge in [-0.3, -0.25) is 4.98 Å². The quantitative estimate of drug-likeness (QED) is 0.647. The molecule has 4 heterocycles. The molecule has 1 aliphatic carbocycles. The minimum absolute atomic E-state index is 0.289. The summed E-state index contributed by atoms with van der Waals surface area (Å²) < 4.78 is 0. The van der Waals surface area contributed by atoms with Crippen molar-refractivity contribution in [3.05, 3.63) is 58.1 Å². The second-order valence-corrected chi connectivity index (χ2v) is 8.91. The molecule has 1 N–H and O–H groups in total. The number of rotatable bonds is 4. The van der Waals surface area contributed by atoms with Crippen molar-refractivity contribution in [2.75, 3.05) is 16.8 Å². The van der Waals surface area contributed by atoms with Crippen molar-refractivity contribution in [2.24, 2.45) is 0 Å². The zero-order valence-corrected chi connectivity index (χ0v) is 18.2. The highest BCUT2D eigenvalue weighted by Crippen LogP contribution is 2.35. The number of anilines is 2. The fourth-order valence-corrected chi connectivity index (χ4v) is 4.28. The van der Waals surface area contributed by atoms with E-state index in [1.807, 2.05) is 19.3 Å². The Morgan fingerprint density at radius 3 is 2.67 bits per heavy atom. The highest BCUT2D eigenvalue weighted by atomic mass is 35.5. The molecule has 1 saturated carbocycles. The minimum atomic E-state index is 0.289. The average molecular weight is 421 g/mol. The van der Waals surface area contributed by atoms with Gasteiger partial charge in [0, 0.05) is 54.8 Å². The highest BCUT2D eigenvalue weighted by molar-refractivity contribution is 6.33. The smallest absolute Gasteiger partial charge is 0.223 e. The monoisotopic (exact) mass is 420 g/mol. The van der Waals surface area contributed by atoms with Crippen LogP contribution in [0.1, 0.15) is 48.1 Å². The highest BCUT2D eigenvalue weighted by Gasteiger charge is 2.27. The van der Waals surface area contributed by atoms with Gasteiger partial charge in [0.05, 0.1) is 16.4 Å². The predicted molar refractivity (Wildman–Crippen MR) is 120 cm³/mol. The van der Waals surface area contributed by atoms with Gasteiger partial charge in [-0.1, -0.05) is 24.6 Å². The van der Waals surface area contributed by atoms with E-state index in [9.17, 15) is 0 Å². The lowest BCUT2D eigenvalue weighted by molar-refractivity contribution is 0.611. The second kappa shape index (κ2) is 7.51. The third kappa shape index (κ3) is 3.72. The molecule has 1 unspecified atom stereocenters. The summed E-state index contributed by atoms with van der Waals surface area (Å²) >= 11 is 6.51. The van der Waals surface area contributed by atoms with E-state index in [4.69, 9.17) is 16.6 Å². The Hall–Kier alpha value is -2.73. The molecule has 6 nitrogen and oxygen atoms in total. The van der Waals surface area contributed by atoms with Gasteiger partial charge in [0.2, 0.25) is 5.95 Å². The molecule has 0 bridgehead atoms. The molecule has 0 spiro atoms. The third-order valence-corrected chi connectivity index (χ3v) is 6.07. The summed E-state index contributed by atoms with van der Waals surface area (Å²) in [4.78, 5) is 20.9. The van der Waals surface area contributed by atoms with E-state index in [0.717, 1.165) is 58.5 Å². The van der Waals surface area contributed by atoms with Crippen LogP contribution in [0.2, 0.25) is 5.02 Å². The molecule has 2 aliphatic rings. The van der Waals surface area contributed by atoms with Gasteiger partial charge < -0.3 is 10.2 Å². The number of aromatic nitrogens is 4. The number of fused-ring (bicyclic) bond motifs is 1. The van der Waals surface area contributed by atoms with E-state index in [1.54, 1.807) is 6.20 Å². The van der Waals surface area contributed by atoms with Crippen LogP contribution in [0.4, 0.5) is 11.8 Å². The van der Waals surface area contributed by atoms with Gasteiger partial charge >= 0.3 is 0 Å². The maximum Gasteiger partial charge on any atom is 0.223 e. The largest absolute Gasteiger partial charge is 0.351 e. The first-order chi connectivity index (χ1) is 14.5. The molecule has 0 radical (unpaired) electrons. The Bertz CT molecular complexity index is 1110. The van der Waals surface area contributed by atoms with Gasteiger partial charge in [0.1, 0.15) is 5.82 Å². The first kappa shape index (κ1) is 19.2. The van der Waals surface area contributed by atoms with Gasteiger partial charge in [-0.25, -0.2) is 15.0 Å². The van der Waals surface area contributed by atoms with E-state index in [0.29, 0.717) is 11.1 Å². The summed E-state index contributed by atoms with van der Waals surface area (Å²) in [5, 5.41) is 4.01. The van der Waals surface area contributed by atoms with Crippen molar-refractivity contribution in [3.63, 3.8) is 0 Å². The van der Waals surface area contributed by atoms with Crippen molar-refractivity contribution < 1.29 is 0 Å². The van der Waals surface area contributed by atoms with E-state index in [2.05, 4.69) is 51.1 Å². The number of pyridine rings is 2. The molecule has 0 aromatic carbocycles. The average Bonchev–Trinajstić information content (AvgIpc) is 3.53. The Kier molecular flexibility index (Phi) is 4.82. The lowest BCUT2D eigenvalue weighted by Crippen LogP contribution is -2.34. The Labute approximate surface area is 181 Å². The minimum Gasteiger partial charge on any atom is -0.351 e. The Balaban J connectivity index is 1.45. The van der Waals surface area contributed by atoms with Gasteiger partial charge in [-0.2, -0.15) is 0 Å². The summed E-state index contributed by atoms with van der Waals surface area (Å²) in [5.41, 5.74) is 6.35. The van der Waals surface area contributed by atoms with Gasteiger partial charge in [-0.15, -0.1) is 0 Å². The number of halogens is 1. The summed E-state index contributed by atoms with van der Waals surface area (Å²) in [6, 6.07) is 4.73. The van der Waals surface area contributed by atoms with Crippen LogP contribution in [-0.2, 0) is 6.54 Å². The second-order valence-electron chi connectivity index (χ2n) is 8.50. The summed E-state index contributed by atoms with van der Waals surface area (Å²) in [5.74, 6) is 1.94. The van der Waals surface area contributed by atoms with Crippen LogP contribution in [-0.4, -0.2) is 32.5 Å². The number of nitrogens with one attached hydrogen (secondary N) is 1. The third-order valence-electron chi connectivity index (χ3n) is 5.77. The first-order valence-corrected chi connectivity index (χ1v) is 10.8. The van der Waals surface area contributed by atoms with Crippen LogP contribution in [0, 0.1) is 13.8 Å². The molecule has 0 amide bonds. The maximum absolute atomic E-state index is 6.51. The fraction of sp³-hybridized carbons (Fsp3) is 0.391. The Morgan fingerprint density at radius 2 is 1.90 bits per heavy atom. The molecule has 1 fully saturated rings. The topological polar surface area (TPSA) is 66.8 Å². The normalized spacial score (nSPS) is 18.3. The molecule has 5 rings (SSSR count). The molecule has 0 saturated heterocycles. The predicted octanol–water partition coefficient (Wildman–Crippen LogP) is 4.90. The van der Waals surface area contributed by atoms with E-state index in [-0.39, 0.29) is 5.92 Å². The number of hydrogen-bond donors (Lipinski definition) is 1.